The minimum absolute atomic E-state index is 0.00741. The number of benzene rings is 1. The predicted octanol–water partition coefficient (Wildman–Crippen LogP) is 1.93. The monoisotopic (exact) mass is 347 g/mol. The van der Waals surface area contributed by atoms with Crippen LogP contribution in [0.2, 0.25) is 0 Å². The topological polar surface area (TPSA) is 61.9 Å². The fraction of sp³-hybridized carbons (Fsp3) is 0.579. The average Bonchev–Trinajstić information content (AvgIpc) is 2.62. The van der Waals surface area contributed by atoms with Crippen LogP contribution in [-0.2, 0) is 14.3 Å². The van der Waals surface area contributed by atoms with Gasteiger partial charge >= 0.3 is 0 Å². The normalized spacial score (nSPS) is 16.5. The van der Waals surface area contributed by atoms with E-state index in [0.29, 0.717) is 38.6 Å². The number of rotatable bonds is 7. The number of hydrogen-bond donors (Lipinski definition) is 1. The highest BCUT2D eigenvalue weighted by Gasteiger charge is 2.22. The number of nitrogens with one attached hydrogen (secondary N) is 1. The molecule has 138 valence electrons. The highest BCUT2D eigenvalue weighted by molar-refractivity contribution is 5.92. The molecule has 0 unspecified atom stereocenters. The molecule has 1 aromatic carbocycles. The van der Waals surface area contributed by atoms with Crippen LogP contribution in [0.15, 0.2) is 24.3 Å². The lowest BCUT2D eigenvalue weighted by molar-refractivity contribution is -0.137. The molecule has 1 heterocycles. The van der Waals surface area contributed by atoms with Gasteiger partial charge in [-0.3, -0.25) is 14.5 Å². The fourth-order valence-corrected chi connectivity index (χ4v) is 2.90. The van der Waals surface area contributed by atoms with Crippen LogP contribution in [0.25, 0.3) is 0 Å². The van der Waals surface area contributed by atoms with Gasteiger partial charge in [0.25, 0.3) is 0 Å². The smallest absolute Gasteiger partial charge is 0.248 e. The molecule has 0 aliphatic carbocycles. The first kappa shape index (κ1) is 19.4. The summed E-state index contributed by atoms with van der Waals surface area (Å²) in [5, 5.41) is 2.95. The molecule has 2 amide bonds. The second-order valence-electron chi connectivity index (χ2n) is 6.57. The van der Waals surface area contributed by atoms with Gasteiger partial charge in [0.05, 0.1) is 6.54 Å². The van der Waals surface area contributed by atoms with E-state index in [1.165, 1.54) is 12.7 Å². The van der Waals surface area contributed by atoms with E-state index in [1.807, 2.05) is 12.1 Å². The van der Waals surface area contributed by atoms with Crippen molar-refractivity contribution in [1.29, 1.82) is 0 Å². The maximum absolute atomic E-state index is 12.2. The van der Waals surface area contributed by atoms with Crippen molar-refractivity contribution in [3.8, 4) is 0 Å². The van der Waals surface area contributed by atoms with E-state index in [-0.39, 0.29) is 18.4 Å². The van der Waals surface area contributed by atoms with E-state index in [2.05, 4.69) is 36.2 Å². The number of anilines is 1. The van der Waals surface area contributed by atoms with Crippen LogP contribution in [0.4, 0.5) is 5.69 Å². The average molecular weight is 347 g/mol. The van der Waals surface area contributed by atoms with E-state index in [9.17, 15) is 9.59 Å². The van der Waals surface area contributed by atoms with Crippen LogP contribution >= 0.6 is 0 Å². The van der Waals surface area contributed by atoms with Gasteiger partial charge < -0.3 is 15.0 Å². The molecule has 1 fully saturated rings. The molecule has 0 aromatic heterocycles. The zero-order valence-corrected chi connectivity index (χ0v) is 15.5. The van der Waals surface area contributed by atoms with Gasteiger partial charge in [0.15, 0.2) is 0 Å². The molecule has 0 bridgehead atoms. The lowest BCUT2D eigenvalue weighted by Gasteiger charge is -2.34. The first-order valence-electron chi connectivity index (χ1n) is 8.92. The van der Waals surface area contributed by atoms with Gasteiger partial charge in [-0.05, 0) is 30.0 Å². The fourth-order valence-electron chi connectivity index (χ4n) is 2.90. The van der Waals surface area contributed by atoms with E-state index >= 15 is 0 Å². The molecule has 6 nitrogen and oxygen atoms in total. The molecule has 0 spiro atoms. The Morgan fingerprint density at radius 3 is 2.36 bits per heavy atom. The molecule has 6 heteroatoms. The number of amides is 2. The van der Waals surface area contributed by atoms with E-state index in [1.54, 1.807) is 4.90 Å². The summed E-state index contributed by atoms with van der Waals surface area (Å²) in [7, 11) is 1.52. The summed E-state index contributed by atoms with van der Waals surface area (Å²) >= 11 is 0. The molecule has 1 aliphatic heterocycles. The van der Waals surface area contributed by atoms with Crippen molar-refractivity contribution < 1.29 is 14.3 Å². The number of carbonyl (C=O) groups excluding carboxylic acids is 2. The van der Waals surface area contributed by atoms with Crippen molar-refractivity contribution in [2.75, 3.05) is 51.8 Å². The second-order valence-corrected chi connectivity index (χ2v) is 6.57. The van der Waals surface area contributed by atoms with E-state index in [0.717, 1.165) is 12.1 Å². The van der Waals surface area contributed by atoms with E-state index in [4.69, 9.17) is 4.74 Å². The standard InChI is InChI=1S/C19H29N3O3/c1-4-15(2)16-5-7-17(8-6-16)20-18(23)13-21-9-11-22(12-10-21)19(24)14-25-3/h5-8,15H,4,9-14H2,1-3H3,(H,20,23)/t15-/m1/s1. The maximum atomic E-state index is 12.2. The van der Waals surface area contributed by atoms with Gasteiger partial charge in [-0.2, -0.15) is 0 Å². The Morgan fingerprint density at radius 2 is 1.80 bits per heavy atom. The molecule has 1 aliphatic rings. The third-order valence-electron chi connectivity index (χ3n) is 4.74. The van der Waals surface area contributed by atoms with Crippen molar-refractivity contribution in [2.24, 2.45) is 0 Å². The highest BCUT2D eigenvalue weighted by atomic mass is 16.5. The lowest BCUT2D eigenvalue weighted by Crippen LogP contribution is -2.51. The summed E-state index contributed by atoms with van der Waals surface area (Å²) in [5.41, 5.74) is 2.11. The third kappa shape index (κ3) is 5.83. The molecule has 1 aromatic rings. The Kier molecular flexibility index (Phi) is 7.40. The Hall–Kier alpha value is -1.92. The minimum Gasteiger partial charge on any atom is -0.375 e. The quantitative estimate of drug-likeness (QED) is 0.819. The van der Waals surface area contributed by atoms with Crippen LogP contribution in [0, 0.1) is 0 Å². The number of ether oxygens (including phenoxy) is 1. The Balaban J connectivity index is 1.76. The molecule has 0 radical (unpaired) electrons. The van der Waals surface area contributed by atoms with E-state index < -0.39 is 0 Å². The molecule has 25 heavy (non-hydrogen) atoms. The first-order valence-corrected chi connectivity index (χ1v) is 8.92. The number of nitrogens with zero attached hydrogens (tertiary/aromatic N) is 2. The molecular weight excluding hydrogens is 318 g/mol. The molecule has 1 N–H and O–H groups in total. The number of carbonyl (C=O) groups is 2. The third-order valence-corrected chi connectivity index (χ3v) is 4.74. The SMILES string of the molecule is CC[C@@H](C)c1ccc(NC(=O)CN2CCN(C(=O)COC)CC2)cc1. The van der Waals surface area contributed by atoms with Crippen molar-refractivity contribution in [1.82, 2.24) is 9.80 Å². The number of methoxy groups -OCH3 is 1. The van der Waals surface area contributed by atoms with Gasteiger partial charge in [0.1, 0.15) is 6.61 Å². The molecule has 0 saturated carbocycles. The van der Waals surface area contributed by atoms with Crippen LogP contribution in [0.5, 0.6) is 0 Å². The summed E-state index contributed by atoms with van der Waals surface area (Å²) in [6.07, 6.45) is 1.10. The second kappa shape index (κ2) is 9.53. The summed E-state index contributed by atoms with van der Waals surface area (Å²) in [5.74, 6) is 0.517. The van der Waals surface area contributed by atoms with Gasteiger partial charge in [0, 0.05) is 39.0 Å². The van der Waals surface area contributed by atoms with Crippen LogP contribution < -0.4 is 5.32 Å². The number of piperazine rings is 1. The van der Waals surface area contributed by atoms with Crippen molar-refractivity contribution in [3.63, 3.8) is 0 Å². The summed E-state index contributed by atoms with van der Waals surface area (Å²) < 4.78 is 4.88. The Morgan fingerprint density at radius 1 is 1.16 bits per heavy atom. The zero-order chi connectivity index (χ0) is 18.2. The van der Waals surface area contributed by atoms with Crippen molar-refractivity contribution in [3.05, 3.63) is 29.8 Å². The summed E-state index contributed by atoms with van der Waals surface area (Å²) in [6.45, 7) is 7.52. The molecule has 2 rings (SSSR count). The molecule has 1 atom stereocenters. The zero-order valence-electron chi connectivity index (χ0n) is 15.5. The Labute approximate surface area is 150 Å². The van der Waals surface area contributed by atoms with Crippen LogP contribution in [-0.4, -0.2) is 68.1 Å². The predicted molar refractivity (Wildman–Crippen MR) is 98.7 cm³/mol. The Bertz CT molecular complexity index is 566. The van der Waals surface area contributed by atoms with Gasteiger partial charge in [0.2, 0.25) is 11.8 Å². The number of hydrogen-bond acceptors (Lipinski definition) is 4. The first-order chi connectivity index (χ1) is 12.0. The molecule has 1 saturated heterocycles. The van der Waals surface area contributed by atoms with Crippen molar-refractivity contribution >= 4 is 17.5 Å². The van der Waals surface area contributed by atoms with Crippen LogP contribution in [0.1, 0.15) is 31.7 Å². The lowest BCUT2D eigenvalue weighted by atomic mass is 9.99. The van der Waals surface area contributed by atoms with Crippen molar-refractivity contribution in [2.45, 2.75) is 26.2 Å². The maximum Gasteiger partial charge on any atom is 0.248 e. The van der Waals surface area contributed by atoms with Gasteiger partial charge in [-0.15, -0.1) is 0 Å². The van der Waals surface area contributed by atoms with Gasteiger partial charge in [-0.25, -0.2) is 0 Å². The highest BCUT2D eigenvalue weighted by Crippen LogP contribution is 2.20. The van der Waals surface area contributed by atoms with Gasteiger partial charge in [-0.1, -0.05) is 26.0 Å². The van der Waals surface area contributed by atoms with Crippen LogP contribution in [0.3, 0.4) is 0 Å². The minimum atomic E-state index is -0.0204. The largest absolute Gasteiger partial charge is 0.375 e. The molecular formula is C19H29N3O3. The summed E-state index contributed by atoms with van der Waals surface area (Å²) in [4.78, 5) is 27.8. The summed E-state index contributed by atoms with van der Waals surface area (Å²) in [6, 6.07) is 8.06.